The molecule has 0 aliphatic heterocycles. The number of alkyl halides is 3. The summed E-state index contributed by atoms with van der Waals surface area (Å²) in [5.74, 6) is -0.00250. The molecule has 0 saturated heterocycles. The molecule has 0 spiro atoms. The van der Waals surface area contributed by atoms with Gasteiger partial charge in [0.15, 0.2) is 0 Å². The molecule has 2 aromatic heterocycles. The molecule has 12 heteroatoms. The van der Waals surface area contributed by atoms with Crippen molar-refractivity contribution in [3.63, 3.8) is 0 Å². The molecule has 0 aliphatic rings. The fraction of sp³-hybridized carbons (Fsp3) is 0.238. The van der Waals surface area contributed by atoms with Crippen molar-refractivity contribution in [2.75, 3.05) is 33.6 Å². The van der Waals surface area contributed by atoms with E-state index in [1.807, 2.05) is 17.6 Å². The van der Waals surface area contributed by atoms with Crippen LogP contribution in [0.2, 0.25) is 0 Å². The maximum atomic E-state index is 13.6. The van der Waals surface area contributed by atoms with E-state index < -0.39 is 11.7 Å². The lowest BCUT2D eigenvalue weighted by molar-refractivity contribution is -0.137. The van der Waals surface area contributed by atoms with E-state index in [2.05, 4.69) is 30.9 Å². The van der Waals surface area contributed by atoms with Gasteiger partial charge in [0.25, 0.3) is 0 Å². The van der Waals surface area contributed by atoms with Crippen molar-refractivity contribution in [2.24, 2.45) is 0 Å². The van der Waals surface area contributed by atoms with Crippen LogP contribution >= 0.6 is 11.9 Å². The van der Waals surface area contributed by atoms with E-state index in [0.717, 1.165) is 6.20 Å². The van der Waals surface area contributed by atoms with Crippen LogP contribution in [0.4, 0.5) is 42.1 Å². The Hall–Kier alpha value is -3.54. The summed E-state index contributed by atoms with van der Waals surface area (Å²) in [5, 5.41) is 8.28. The molecule has 8 nitrogen and oxygen atoms in total. The third-order valence-corrected chi connectivity index (χ3v) is 5.14. The van der Waals surface area contributed by atoms with Crippen LogP contribution in [0.3, 0.4) is 0 Å². The minimum atomic E-state index is -4.64. The summed E-state index contributed by atoms with van der Waals surface area (Å²) in [6.45, 7) is 1.45. The number of pyridine rings is 1. The molecule has 1 aromatic carbocycles. The third-order valence-electron chi connectivity index (χ3n) is 4.42. The van der Waals surface area contributed by atoms with Gasteiger partial charge >= 0.3 is 6.18 Å². The Kier molecular flexibility index (Phi) is 7.59. The normalized spacial score (nSPS) is 11.1. The number of aromatic nitrogens is 3. The molecule has 0 saturated carbocycles. The van der Waals surface area contributed by atoms with Crippen LogP contribution in [0, 0.1) is 0 Å². The van der Waals surface area contributed by atoms with Gasteiger partial charge in [-0.05, 0) is 24.3 Å². The van der Waals surface area contributed by atoms with Gasteiger partial charge in [-0.2, -0.15) is 18.2 Å². The summed E-state index contributed by atoms with van der Waals surface area (Å²) in [7, 11) is 1.82. The average molecular weight is 478 g/mol. The molecule has 0 unspecified atom stereocenters. The van der Waals surface area contributed by atoms with Gasteiger partial charge in [-0.1, -0.05) is 24.1 Å². The summed E-state index contributed by atoms with van der Waals surface area (Å²) >= 11 is 1.43. The summed E-state index contributed by atoms with van der Waals surface area (Å²) in [6.07, 6.45) is -0.418. The highest BCUT2D eigenvalue weighted by Crippen LogP contribution is 2.34. The summed E-state index contributed by atoms with van der Waals surface area (Å²) < 4.78 is 42.5. The molecule has 2 heterocycles. The van der Waals surface area contributed by atoms with Crippen molar-refractivity contribution in [1.29, 1.82) is 0 Å². The first kappa shape index (κ1) is 24.1. The van der Waals surface area contributed by atoms with Gasteiger partial charge in [0.2, 0.25) is 11.9 Å². The van der Waals surface area contributed by atoms with E-state index in [0.29, 0.717) is 22.8 Å². The summed E-state index contributed by atoms with van der Waals surface area (Å²) in [4.78, 5) is 23.4. The Morgan fingerprint density at radius 3 is 2.61 bits per heavy atom. The highest BCUT2D eigenvalue weighted by Gasteiger charge is 2.35. The van der Waals surface area contributed by atoms with Crippen molar-refractivity contribution in [3.05, 3.63) is 59.9 Å². The van der Waals surface area contributed by atoms with Gasteiger partial charge in [-0.3, -0.25) is 4.79 Å². The highest BCUT2D eigenvalue weighted by atomic mass is 32.2. The molecular weight excluding hydrogens is 455 g/mol. The topological polar surface area (TPSA) is 95.1 Å². The van der Waals surface area contributed by atoms with Gasteiger partial charge in [0.05, 0.1) is 0 Å². The fourth-order valence-electron chi connectivity index (χ4n) is 2.91. The molecule has 33 heavy (non-hydrogen) atoms. The number of benzene rings is 1. The van der Waals surface area contributed by atoms with Crippen molar-refractivity contribution >= 4 is 46.8 Å². The number of nitrogens with one attached hydrogen (secondary N) is 3. The first-order valence-electron chi connectivity index (χ1n) is 9.72. The summed E-state index contributed by atoms with van der Waals surface area (Å²) in [5.41, 5.74) is 0.755. The summed E-state index contributed by atoms with van der Waals surface area (Å²) in [6, 6.07) is 10.2. The molecule has 0 fully saturated rings. The van der Waals surface area contributed by atoms with E-state index in [9.17, 15) is 18.0 Å². The first-order valence-corrected chi connectivity index (χ1v) is 10.9. The van der Waals surface area contributed by atoms with Crippen molar-refractivity contribution in [3.8, 4) is 0 Å². The number of hydrogen-bond acceptors (Lipinski definition) is 8. The van der Waals surface area contributed by atoms with Crippen LogP contribution in [0.15, 0.2) is 48.8 Å². The molecule has 0 atom stereocenters. The van der Waals surface area contributed by atoms with Crippen LogP contribution in [0.25, 0.3) is 0 Å². The molecule has 1 amide bonds. The number of hydrogen-bond donors (Lipinski definition) is 3. The molecule has 0 aliphatic carbocycles. The van der Waals surface area contributed by atoms with Crippen LogP contribution in [0.1, 0.15) is 18.1 Å². The third kappa shape index (κ3) is 6.48. The number of carbonyl (C=O) groups excluding carboxylic acids is 1. The van der Waals surface area contributed by atoms with Gasteiger partial charge in [0.1, 0.15) is 17.2 Å². The second-order valence-corrected chi connectivity index (χ2v) is 7.77. The zero-order valence-electron chi connectivity index (χ0n) is 18.1. The Bertz CT molecular complexity index is 1130. The van der Waals surface area contributed by atoms with E-state index >= 15 is 0 Å². The SMILES string of the molecule is CSN(C)c1ncccc1CNc1nc(Nc2cccc(NC(C)=O)c2)ncc1C(F)(F)F. The molecular formula is C21H22F3N7OS. The van der Waals surface area contributed by atoms with E-state index in [-0.39, 0.29) is 24.2 Å². The number of rotatable bonds is 8. The Labute approximate surface area is 193 Å². The Balaban J connectivity index is 1.87. The van der Waals surface area contributed by atoms with E-state index in [1.54, 1.807) is 42.6 Å². The fourth-order valence-corrected chi connectivity index (χ4v) is 3.25. The van der Waals surface area contributed by atoms with E-state index in [1.165, 1.54) is 18.9 Å². The number of amides is 1. The molecule has 0 radical (unpaired) electrons. The van der Waals surface area contributed by atoms with E-state index in [4.69, 9.17) is 0 Å². The maximum Gasteiger partial charge on any atom is 0.421 e. The quantitative estimate of drug-likeness (QED) is 0.394. The molecule has 3 N–H and O–H groups in total. The standard InChI is InChI=1S/C21H22F3N7OS/c1-13(32)28-15-7-4-8-16(10-15)29-20-27-12-17(21(22,23)24)18(30-20)26-11-14-6-5-9-25-19(14)31(2)33-3/h4-10,12H,11H2,1-3H3,(H,28,32)(H2,26,27,29,30). The monoisotopic (exact) mass is 477 g/mol. The molecule has 0 bridgehead atoms. The molecule has 3 aromatic rings. The van der Waals surface area contributed by atoms with Crippen molar-refractivity contribution in [1.82, 2.24) is 15.0 Å². The van der Waals surface area contributed by atoms with Gasteiger partial charge < -0.3 is 20.3 Å². The van der Waals surface area contributed by atoms with Crippen LogP contribution in [-0.4, -0.2) is 34.2 Å². The zero-order valence-corrected chi connectivity index (χ0v) is 18.9. The molecule has 3 rings (SSSR count). The lowest BCUT2D eigenvalue weighted by Gasteiger charge is -2.19. The lowest BCUT2D eigenvalue weighted by Crippen LogP contribution is -2.16. The Morgan fingerprint density at radius 1 is 1.15 bits per heavy atom. The van der Waals surface area contributed by atoms with Gasteiger partial charge in [-0.25, -0.2) is 9.97 Å². The van der Waals surface area contributed by atoms with Gasteiger partial charge in [-0.15, -0.1) is 0 Å². The average Bonchev–Trinajstić information content (AvgIpc) is 2.76. The maximum absolute atomic E-state index is 13.6. The minimum absolute atomic E-state index is 0.0295. The zero-order chi connectivity index (χ0) is 24.0. The second kappa shape index (κ2) is 10.4. The Morgan fingerprint density at radius 2 is 1.91 bits per heavy atom. The second-order valence-electron chi connectivity index (χ2n) is 6.86. The van der Waals surface area contributed by atoms with Crippen LogP contribution < -0.4 is 20.3 Å². The number of carbonyl (C=O) groups is 1. The smallest absolute Gasteiger partial charge is 0.365 e. The minimum Gasteiger partial charge on any atom is -0.365 e. The number of halogens is 3. The van der Waals surface area contributed by atoms with Crippen LogP contribution in [0.5, 0.6) is 0 Å². The number of anilines is 5. The van der Waals surface area contributed by atoms with Gasteiger partial charge in [0, 0.05) is 56.1 Å². The largest absolute Gasteiger partial charge is 0.421 e. The highest BCUT2D eigenvalue weighted by molar-refractivity contribution is 7.99. The number of nitrogens with zero attached hydrogens (tertiary/aromatic N) is 4. The predicted molar refractivity (Wildman–Crippen MR) is 125 cm³/mol. The molecule has 174 valence electrons. The van der Waals surface area contributed by atoms with Crippen molar-refractivity contribution < 1.29 is 18.0 Å². The first-order chi connectivity index (χ1) is 15.7. The lowest BCUT2D eigenvalue weighted by atomic mass is 10.2. The van der Waals surface area contributed by atoms with Crippen LogP contribution in [-0.2, 0) is 17.5 Å². The van der Waals surface area contributed by atoms with Crippen molar-refractivity contribution in [2.45, 2.75) is 19.6 Å². The predicted octanol–water partition coefficient (Wildman–Crippen LogP) is 4.92.